The third kappa shape index (κ3) is 2.05. The van der Waals surface area contributed by atoms with Crippen molar-refractivity contribution < 1.29 is 9.90 Å². The fourth-order valence-corrected chi connectivity index (χ4v) is 2.47. The number of hydrogen-bond acceptors (Lipinski definition) is 5. The van der Waals surface area contributed by atoms with E-state index in [1.54, 1.807) is 0 Å². The van der Waals surface area contributed by atoms with E-state index in [0.29, 0.717) is 5.82 Å². The fraction of sp³-hybridized carbons (Fsp3) is 0.214. The number of rotatable bonds is 2. The molecule has 20 heavy (non-hydrogen) atoms. The molecule has 1 aliphatic heterocycles. The van der Waals surface area contributed by atoms with Crippen LogP contribution in [0.2, 0.25) is 0 Å². The molecule has 0 amide bonds. The quantitative estimate of drug-likeness (QED) is 0.865. The molecule has 0 atom stereocenters. The Morgan fingerprint density at radius 3 is 2.90 bits per heavy atom. The lowest BCUT2D eigenvalue weighted by atomic mass is 10.0. The van der Waals surface area contributed by atoms with Gasteiger partial charge in [0.2, 0.25) is 0 Å². The average molecular weight is 270 g/mol. The molecule has 1 aromatic heterocycles. The molecule has 1 aliphatic rings. The number of carboxylic acids is 1. The summed E-state index contributed by atoms with van der Waals surface area (Å²) in [5, 5.41) is 16.9. The van der Waals surface area contributed by atoms with E-state index in [4.69, 9.17) is 10.8 Å². The Morgan fingerprint density at radius 1 is 1.30 bits per heavy atom. The van der Waals surface area contributed by atoms with Crippen LogP contribution in [0.15, 0.2) is 30.3 Å². The molecule has 102 valence electrons. The van der Waals surface area contributed by atoms with Crippen LogP contribution in [-0.4, -0.2) is 27.8 Å². The number of nitrogen functional groups attached to an aromatic ring is 1. The molecule has 0 saturated carbocycles. The molecule has 3 rings (SSSR count). The number of aryl methyl sites for hydroxylation is 1. The molecule has 0 fully saturated rings. The van der Waals surface area contributed by atoms with Gasteiger partial charge in [-0.1, -0.05) is 18.2 Å². The van der Waals surface area contributed by atoms with Gasteiger partial charge in [0.1, 0.15) is 5.56 Å². The summed E-state index contributed by atoms with van der Waals surface area (Å²) in [6, 6.07) is 9.52. The summed E-state index contributed by atoms with van der Waals surface area (Å²) in [7, 11) is 0. The van der Waals surface area contributed by atoms with Gasteiger partial charge in [0.05, 0.1) is 0 Å². The Hall–Kier alpha value is -2.63. The largest absolute Gasteiger partial charge is 0.478 e. The van der Waals surface area contributed by atoms with E-state index in [0.717, 1.165) is 25.1 Å². The molecular weight excluding hydrogens is 256 g/mol. The number of anilines is 3. The maximum absolute atomic E-state index is 11.1. The number of para-hydroxylation sites is 1. The van der Waals surface area contributed by atoms with Crippen LogP contribution < -0.4 is 10.6 Å². The van der Waals surface area contributed by atoms with Crippen molar-refractivity contribution in [2.75, 3.05) is 17.2 Å². The summed E-state index contributed by atoms with van der Waals surface area (Å²) in [6.45, 7) is 0.786. The highest BCUT2D eigenvalue weighted by molar-refractivity contribution is 5.93. The maximum Gasteiger partial charge on any atom is 0.339 e. The van der Waals surface area contributed by atoms with Crippen molar-refractivity contribution in [3.8, 4) is 0 Å². The van der Waals surface area contributed by atoms with Gasteiger partial charge in [-0.05, 0) is 24.5 Å². The first-order valence-corrected chi connectivity index (χ1v) is 6.39. The number of benzene rings is 1. The summed E-state index contributed by atoms with van der Waals surface area (Å²) in [5.74, 6) is -0.640. The highest BCUT2D eigenvalue weighted by Crippen LogP contribution is 2.32. The molecule has 2 heterocycles. The number of nitrogens with two attached hydrogens (primary N) is 1. The number of aromatic nitrogens is 2. The molecule has 2 aromatic rings. The second kappa shape index (κ2) is 4.80. The molecule has 0 spiro atoms. The van der Waals surface area contributed by atoms with Gasteiger partial charge in [-0.3, -0.25) is 0 Å². The standard InChI is InChI=1S/C14H14N4O2/c15-13-10(14(19)20)8-12(16-17-13)18-7-3-5-9-4-1-2-6-11(9)18/h1-2,4,6,8H,3,5,7H2,(H2,15,17)(H,19,20). The third-order valence-corrected chi connectivity index (χ3v) is 3.43. The van der Waals surface area contributed by atoms with Crippen LogP contribution in [0.1, 0.15) is 22.3 Å². The lowest BCUT2D eigenvalue weighted by molar-refractivity contribution is 0.0697. The van der Waals surface area contributed by atoms with Crippen molar-refractivity contribution in [2.45, 2.75) is 12.8 Å². The Labute approximate surface area is 115 Å². The summed E-state index contributed by atoms with van der Waals surface area (Å²) in [4.78, 5) is 13.1. The van der Waals surface area contributed by atoms with Gasteiger partial charge in [0.25, 0.3) is 0 Å². The van der Waals surface area contributed by atoms with Crippen LogP contribution in [-0.2, 0) is 6.42 Å². The van der Waals surface area contributed by atoms with Crippen LogP contribution in [0.25, 0.3) is 0 Å². The van der Waals surface area contributed by atoms with Gasteiger partial charge in [0.15, 0.2) is 11.6 Å². The first-order chi connectivity index (χ1) is 9.66. The highest BCUT2D eigenvalue weighted by atomic mass is 16.4. The van der Waals surface area contributed by atoms with Crippen molar-refractivity contribution in [3.63, 3.8) is 0 Å². The second-order valence-electron chi connectivity index (χ2n) is 4.69. The minimum Gasteiger partial charge on any atom is -0.478 e. The number of carbonyl (C=O) groups is 1. The zero-order chi connectivity index (χ0) is 14.1. The van der Waals surface area contributed by atoms with Gasteiger partial charge in [-0.2, -0.15) is 0 Å². The topological polar surface area (TPSA) is 92.3 Å². The molecule has 0 aliphatic carbocycles. The molecular formula is C14H14N4O2. The predicted octanol–water partition coefficient (Wildman–Crippen LogP) is 1.84. The molecule has 0 radical (unpaired) electrons. The SMILES string of the molecule is Nc1nnc(N2CCCc3ccccc32)cc1C(=O)O. The van der Waals surface area contributed by atoms with Crippen LogP contribution in [0.4, 0.5) is 17.3 Å². The summed E-state index contributed by atoms with van der Waals surface area (Å²) >= 11 is 0. The molecule has 0 unspecified atom stereocenters. The van der Waals surface area contributed by atoms with Gasteiger partial charge in [0, 0.05) is 18.3 Å². The van der Waals surface area contributed by atoms with E-state index in [2.05, 4.69) is 16.3 Å². The Kier molecular flexibility index (Phi) is 2.98. The Balaban J connectivity index is 2.07. The van der Waals surface area contributed by atoms with E-state index < -0.39 is 5.97 Å². The molecule has 3 N–H and O–H groups in total. The van der Waals surface area contributed by atoms with E-state index in [1.165, 1.54) is 11.6 Å². The fourth-order valence-electron chi connectivity index (χ4n) is 2.47. The number of fused-ring (bicyclic) bond motifs is 1. The van der Waals surface area contributed by atoms with E-state index in [-0.39, 0.29) is 11.4 Å². The monoisotopic (exact) mass is 270 g/mol. The Bertz CT molecular complexity index is 672. The molecule has 1 aromatic carbocycles. The number of hydrogen-bond donors (Lipinski definition) is 2. The van der Waals surface area contributed by atoms with Crippen molar-refractivity contribution in [3.05, 3.63) is 41.5 Å². The van der Waals surface area contributed by atoms with Gasteiger partial charge >= 0.3 is 5.97 Å². The van der Waals surface area contributed by atoms with Crippen molar-refractivity contribution in [1.82, 2.24) is 10.2 Å². The third-order valence-electron chi connectivity index (χ3n) is 3.43. The molecule has 0 saturated heterocycles. The first-order valence-electron chi connectivity index (χ1n) is 6.39. The summed E-state index contributed by atoms with van der Waals surface area (Å²) in [5.41, 5.74) is 7.81. The van der Waals surface area contributed by atoms with Crippen LogP contribution >= 0.6 is 0 Å². The zero-order valence-electron chi connectivity index (χ0n) is 10.8. The molecule has 6 nitrogen and oxygen atoms in total. The van der Waals surface area contributed by atoms with Gasteiger partial charge < -0.3 is 15.7 Å². The number of carboxylic acid groups (broad SMARTS) is 1. The molecule has 0 bridgehead atoms. The van der Waals surface area contributed by atoms with Crippen LogP contribution in [0.3, 0.4) is 0 Å². The lowest BCUT2D eigenvalue weighted by Gasteiger charge is -2.30. The average Bonchev–Trinajstić information content (AvgIpc) is 2.47. The minimum atomic E-state index is -1.09. The second-order valence-corrected chi connectivity index (χ2v) is 4.69. The predicted molar refractivity (Wildman–Crippen MR) is 75.2 cm³/mol. The normalized spacial score (nSPS) is 13.9. The van der Waals surface area contributed by atoms with Crippen molar-refractivity contribution >= 4 is 23.3 Å². The van der Waals surface area contributed by atoms with Gasteiger partial charge in [-0.15, -0.1) is 10.2 Å². The minimum absolute atomic E-state index is 0.0157. The summed E-state index contributed by atoms with van der Waals surface area (Å²) in [6.07, 6.45) is 2.01. The van der Waals surface area contributed by atoms with E-state index in [1.807, 2.05) is 23.1 Å². The smallest absolute Gasteiger partial charge is 0.339 e. The summed E-state index contributed by atoms with van der Waals surface area (Å²) < 4.78 is 0. The lowest BCUT2D eigenvalue weighted by Crippen LogP contribution is -2.26. The first kappa shape index (κ1) is 12.4. The van der Waals surface area contributed by atoms with E-state index >= 15 is 0 Å². The molecule has 6 heteroatoms. The van der Waals surface area contributed by atoms with Crippen molar-refractivity contribution in [1.29, 1.82) is 0 Å². The van der Waals surface area contributed by atoms with Crippen molar-refractivity contribution in [2.24, 2.45) is 0 Å². The van der Waals surface area contributed by atoms with Crippen LogP contribution in [0.5, 0.6) is 0 Å². The number of aromatic carboxylic acids is 1. The number of nitrogens with zero attached hydrogens (tertiary/aromatic N) is 3. The maximum atomic E-state index is 11.1. The Morgan fingerprint density at radius 2 is 2.10 bits per heavy atom. The zero-order valence-corrected chi connectivity index (χ0v) is 10.8. The van der Waals surface area contributed by atoms with Gasteiger partial charge in [-0.25, -0.2) is 4.79 Å². The van der Waals surface area contributed by atoms with Crippen LogP contribution in [0, 0.1) is 0 Å². The van der Waals surface area contributed by atoms with E-state index in [9.17, 15) is 4.79 Å². The highest BCUT2D eigenvalue weighted by Gasteiger charge is 2.21.